The number of carbonyl (C=O) groups is 3. The monoisotopic (exact) mass is 346 g/mol. The van der Waals surface area contributed by atoms with Gasteiger partial charge in [-0.2, -0.15) is 0 Å². The molecule has 0 atom stereocenters. The van der Waals surface area contributed by atoms with E-state index in [-0.39, 0.29) is 23.3 Å². The van der Waals surface area contributed by atoms with Crippen molar-refractivity contribution in [1.82, 2.24) is 10.2 Å². The van der Waals surface area contributed by atoms with E-state index in [0.29, 0.717) is 24.4 Å². The Labute approximate surface area is 148 Å². The summed E-state index contributed by atoms with van der Waals surface area (Å²) in [6.45, 7) is 8.36. The normalized spacial score (nSPS) is 15.6. The Bertz CT molecular complexity index is 656. The smallest absolute Gasteiger partial charge is 0.308 e. The number of benzene rings is 1. The van der Waals surface area contributed by atoms with Crippen LogP contribution in [0, 0.1) is 5.41 Å². The third kappa shape index (κ3) is 5.31. The van der Waals surface area contributed by atoms with E-state index in [1.54, 1.807) is 24.3 Å². The third-order valence-electron chi connectivity index (χ3n) is 4.12. The number of rotatable bonds is 3. The summed E-state index contributed by atoms with van der Waals surface area (Å²) in [4.78, 5) is 37.6. The lowest BCUT2D eigenvalue weighted by Gasteiger charge is -2.36. The van der Waals surface area contributed by atoms with Crippen molar-refractivity contribution in [1.29, 1.82) is 0 Å². The first kappa shape index (κ1) is 19.0. The van der Waals surface area contributed by atoms with Gasteiger partial charge in [-0.25, -0.2) is 0 Å². The Morgan fingerprint density at radius 1 is 1.16 bits per heavy atom. The van der Waals surface area contributed by atoms with Crippen LogP contribution >= 0.6 is 0 Å². The number of nitrogens with zero attached hydrogens (tertiary/aromatic N) is 1. The van der Waals surface area contributed by atoms with Crippen LogP contribution in [-0.4, -0.2) is 41.8 Å². The van der Waals surface area contributed by atoms with E-state index >= 15 is 0 Å². The lowest BCUT2D eigenvalue weighted by molar-refractivity contribution is -0.140. The number of hydrogen-bond acceptors (Lipinski definition) is 4. The van der Waals surface area contributed by atoms with E-state index < -0.39 is 5.97 Å². The molecule has 1 N–H and O–H groups in total. The molecule has 0 aromatic heterocycles. The molecule has 0 bridgehead atoms. The van der Waals surface area contributed by atoms with Gasteiger partial charge in [0.05, 0.1) is 0 Å². The Morgan fingerprint density at radius 2 is 1.80 bits per heavy atom. The van der Waals surface area contributed by atoms with Gasteiger partial charge in [-0.3, -0.25) is 14.4 Å². The summed E-state index contributed by atoms with van der Waals surface area (Å²) in [5.74, 6) is -0.125. The lowest BCUT2D eigenvalue weighted by atomic mass is 9.93. The van der Waals surface area contributed by atoms with Crippen molar-refractivity contribution < 1.29 is 19.1 Å². The summed E-state index contributed by atoms with van der Waals surface area (Å²) in [5, 5.41) is 3.00. The van der Waals surface area contributed by atoms with E-state index in [1.165, 1.54) is 6.92 Å². The van der Waals surface area contributed by atoms with Crippen molar-refractivity contribution in [2.75, 3.05) is 13.1 Å². The maximum atomic E-state index is 12.4. The highest BCUT2D eigenvalue weighted by Crippen LogP contribution is 2.21. The van der Waals surface area contributed by atoms with E-state index in [0.717, 1.165) is 12.8 Å². The van der Waals surface area contributed by atoms with Crippen molar-refractivity contribution in [2.24, 2.45) is 5.41 Å². The number of esters is 1. The molecule has 6 nitrogen and oxygen atoms in total. The summed E-state index contributed by atoms with van der Waals surface area (Å²) < 4.78 is 5.00. The first-order chi connectivity index (χ1) is 11.7. The number of piperidine rings is 1. The molecule has 0 aliphatic carbocycles. The van der Waals surface area contributed by atoms with Crippen molar-refractivity contribution in [3.05, 3.63) is 29.8 Å². The minimum atomic E-state index is -0.423. The molecule has 25 heavy (non-hydrogen) atoms. The fourth-order valence-electron chi connectivity index (χ4n) is 2.84. The number of nitrogens with one attached hydrogen (secondary N) is 1. The van der Waals surface area contributed by atoms with E-state index in [9.17, 15) is 14.4 Å². The average molecular weight is 346 g/mol. The summed E-state index contributed by atoms with van der Waals surface area (Å²) in [6.07, 6.45) is 1.47. The number of hydrogen-bond donors (Lipinski definition) is 1. The van der Waals surface area contributed by atoms with Gasteiger partial charge >= 0.3 is 5.97 Å². The summed E-state index contributed by atoms with van der Waals surface area (Å²) in [5.41, 5.74) is 0.0692. The van der Waals surface area contributed by atoms with Crippen LogP contribution in [0.15, 0.2) is 24.3 Å². The summed E-state index contributed by atoms with van der Waals surface area (Å²) in [6, 6.07) is 6.58. The predicted octanol–water partition coefficient (Wildman–Crippen LogP) is 2.38. The topological polar surface area (TPSA) is 75.7 Å². The molecular weight excluding hydrogens is 320 g/mol. The Morgan fingerprint density at radius 3 is 2.36 bits per heavy atom. The fraction of sp³-hybridized carbons (Fsp3) is 0.526. The van der Waals surface area contributed by atoms with Gasteiger partial charge in [0.15, 0.2) is 0 Å². The van der Waals surface area contributed by atoms with Crippen LogP contribution < -0.4 is 10.1 Å². The Balaban J connectivity index is 1.90. The molecule has 6 heteroatoms. The second-order valence-corrected chi connectivity index (χ2v) is 7.41. The number of ether oxygens (including phenoxy) is 1. The molecule has 0 radical (unpaired) electrons. The van der Waals surface area contributed by atoms with Crippen LogP contribution in [0.25, 0.3) is 0 Å². The molecule has 0 unspecified atom stereocenters. The first-order valence-corrected chi connectivity index (χ1v) is 8.55. The Hall–Kier alpha value is -2.37. The second kappa shape index (κ2) is 7.68. The van der Waals surface area contributed by atoms with Crippen LogP contribution in [0.1, 0.15) is 50.9 Å². The lowest BCUT2D eigenvalue weighted by Crippen LogP contribution is -2.49. The molecule has 0 spiro atoms. The van der Waals surface area contributed by atoms with Gasteiger partial charge in [0.25, 0.3) is 5.91 Å². The number of carbonyl (C=O) groups excluding carboxylic acids is 3. The average Bonchev–Trinajstić information content (AvgIpc) is 2.53. The maximum absolute atomic E-state index is 12.4. The van der Waals surface area contributed by atoms with Gasteiger partial charge in [-0.05, 0) is 31.0 Å². The molecular formula is C19H26N2O4. The van der Waals surface area contributed by atoms with Crippen molar-refractivity contribution in [3.63, 3.8) is 0 Å². The highest BCUT2D eigenvalue weighted by Gasteiger charge is 2.30. The molecule has 2 amide bonds. The predicted molar refractivity (Wildman–Crippen MR) is 94.3 cm³/mol. The SMILES string of the molecule is CC(=O)Oc1cccc(C(=O)NC2CCN(C(=O)C(C)(C)C)CC2)c1. The zero-order valence-electron chi connectivity index (χ0n) is 15.3. The van der Waals surface area contributed by atoms with Gasteiger partial charge < -0.3 is 15.0 Å². The van der Waals surface area contributed by atoms with Crippen molar-refractivity contribution in [2.45, 2.75) is 46.6 Å². The minimum absolute atomic E-state index is 0.0360. The molecule has 2 rings (SSSR count). The van der Waals surface area contributed by atoms with Crippen LogP contribution in [0.3, 0.4) is 0 Å². The van der Waals surface area contributed by atoms with Gasteiger partial charge in [0, 0.05) is 37.0 Å². The molecule has 1 aromatic rings. The van der Waals surface area contributed by atoms with Gasteiger partial charge in [0.1, 0.15) is 5.75 Å². The van der Waals surface area contributed by atoms with Crippen molar-refractivity contribution in [3.8, 4) is 5.75 Å². The highest BCUT2D eigenvalue weighted by atomic mass is 16.5. The first-order valence-electron chi connectivity index (χ1n) is 8.55. The molecule has 1 fully saturated rings. The second-order valence-electron chi connectivity index (χ2n) is 7.41. The molecule has 1 aromatic carbocycles. The maximum Gasteiger partial charge on any atom is 0.308 e. The van der Waals surface area contributed by atoms with Crippen LogP contribution in [0.4, 0.5) is 0 Å². The Kier molecular flexibility index (Phi) is 5.82. The van der Waals surface area contributed by atoms with Crippen LogP contribution in [0.2, 0.25) is 0 Å². The molecule has 1 heterocycles. The van der Waals surface area contributed by atoms with Gasteiger partial charge in [0.2, 0.25) is 5.91 Å². The molecule has 1 aliphatic rings. The third-order valence-corrected chi connectivity index (χ3v) is 4.12. The zero-order chi connectivity index (χ0) is 18.6. The highest BCUT2D eigenvalue weighted by molar-refractivity contribution is 5.95. The number of likely N-dealkylation sites (tertiary alicyclic amines) is 1. The fourth-order valence-corrected chi connectivity index (χ4v) is 2.84. The van der Waals surface area contributed by atoms with E-state index in [4.69, 9.17) is 4.74 Å². The molecule has 0 saturated carbocycles. The number of amides is 2. The molecule has 136 valence electrons. The zero-order valence-corrected chi connectivity index (χ0v) is 15.3. The molecule has 1 aliphatic heterocycles. The van der Waals surface area contributed by atoms with Gasteiger partial charge in [-0.15, -0.1) is 0 Å². The van der Waals surface area contributed by atoms with Crippen LogP contribution in [0.5, 0.6) is 5.75 Å². The van der Waals surface area contributed by atoms with Gasteiger partial charge in [-0.1, -0.05) is 26.8 Å². The molecule has 1 saturated heterocycles. The summed E-state index contributed by atoms with van der Waals surface area (Å²) in [7, 11) is 0. The van der Waals surface area contributed by atoms with Crippen LogP contribution in [-0.2, 0) is 9.59 Å². The van der Waals surface area contributed by atoms with E-state index in [2.05, 4.69) is 5.32 Å². The standard InChI is InChI=1S/C19H26N2O4/c1-13(22)25-16-7-5-6-14(12-16)17(23)20-15-8-10-21(11-9-15)18(24)19(2,3)4/h5-7,12,15H,8-11H2,1-4H3,(H,20,23). The minimum Gasteiger partial charge on any atom is -0.427 e. The largest absolute Gasteiger partial charge is 0.427 e. The summed E-state index contributed by atoms with van der Waals surface area (Å²) >= 11 is 0. The quantitative estimate of drug-likeness (QED) is 0.673. The van der Waals surface area contributed by atoms with E-state index in [1.807, 2.05) is 25.7 Å². The van der Waals surface area contributed by atoms with Crippen molar-refractivity contribution >= 4 is 17.8 Å².